The molecule has 0 spiro atoms. The predicted molar refractivity (Wildman–Crippen MR) is 85.9 cm³/mol. The molecule has 0 heterocycles. The van der Waals surface area contributed by atoms with Gasteiger partial charge in [-0.15, -0.1) is 11.8 Å². The first kappa shape index (κ1) is 13.9. The van der Waals surface area contributed by atoms with E-state index < -0.39 is 0 Å². The predicted octanol–water partition coefficient (Wildman–Crippen LogP) is 4.96. The number of Topliss-reactive ketones (excluding diaryl/α,β-unsaturated/α-hetero) is 1. The minimum absolute atomic E-state index is 0.328. The molecule has 1 nitrogen and oxygen atoms in total. The molecule has 2 aliphatic carbocycles. The van der Waals surface area contributed by atoms with Crippen molar-refractivity contribution in [2.45, 2.75) is 43.4 Å². The van der Waals surface area contributed by atoms with Gasteiger partial charge in [0.05, 0.1) is 0 Å². The van der Waals surface area contributed by atoms with Crippen molar-refractivity contribution in [1.29, 1.82) is 0 Å². The van der Waals surface area contributed by atoms with E-state index in [-0.39, 0.29) is 0 Å². The molecule has 2 aliphatic rings. The SMILES string of the molecule is CSc1ccc(/C=C2\CCC(C3CCCC3)C2=O)cc1. The highest BCUT2D eigenvalue weighted by Crippen LogP contribution is 2.40. The highest BCUT2D eigenvalue weighted by Gasteiger charge is 2.36. The highest BCUT2D eigenvalue weighted by atomic mass is 32.2. The summed E-state index contributed by atoms with van der Waals surface area (Å²) in [7, 11) is 0. The van der Waals surface area contributed by atoms with Crippen LogP contribution < -0.4 is 0 Å². The van der Waals surface area contributed by atoms with Crippen LogP contribution in [0.15, 0.2) is 34.7 Å². The van der Waals surface area contributed by atoms with Crippen LogP contribution in [0.5, 0.6) is 0 Å². The third-order valence-corrected chi connectivity index (χ3v) is 5.55. The maximum atomic E-state index is 12.5. The molecule has 0 amide bonds. The average molecular weight is 286 g/mol. The molecule has 2 saturated carbocycles. The summed E-state index contributed by atoms with van der Waals surface area (Å²) in [4.78, 5) is 13.8. The summed E-state index contributed by atoms with van der Waals surface area (Å²) < 4.78 is 0. The fraction of sp³-hybridized carbons (Fsp3) is 0.500. The summed E-state index contributed by atoms with van der Waals surface area (Å²) in [5, 5.41) is 0. The van der Waals surface area contributed by atoms with Gasteiger partial charge in [0, 0.05) is 10.8 Å². The quantitative estimate of drug-likeness (QED) is 0.577. The number of rotatable bonds is 3. The molecule has 2 heteroatoms. The summed E-state index contributed by atoms with van der Waals surface area (Å²) in [5.74, 6) is 1.44. The van der Waals surface area contributed by atoms with Crippen LogP contribution in [-0.2, 0) is 4.79 Å². The van der Waals surface area contributed by atoms with E-state index in [9.17, 15) is 4.79 Å². The molecule has 0 radical (unpaired) electrons. The van der Waals surface area contributed by atoms with Gasteiger partial charge in [-0.1, -0.05) is 25.0 Å². The smallest absolute Gasteiger partial charge is 0.162 e. The second-order valence-corrected chi connectivity index (χ2v) is 6.88. The Morgan fingerprint density at radius 1 is 1.10 bits per heavy atom. The maximum absolute atomic E-state index is 12.5. The fourth-order valence-electron chi connectivity index (χ4n) is 3.66. The van der Waals surface area contributed by atoms with E-state index >= 15 is 0 Å². The molecule has 1 aromatic carbocycles. The molecule has 2 fully saturated rings. The maximum Gasteiger partial charge on any atom is 0.162 e. The van der Waals surface area contributed by atoms with E-state index in [0.717, 1.165) is 18.4 Å². The number of carbonyl (C=O) groups is 1. The summed E-state index contributed by atoms with van der Waals surface area (Å²) in [6, 6.07) is 8.50. The number of thioether (sulfide) groups is 1. The molecule has 1 unspecified atom stereocenters. The molecular formula is C18H22OS. The molecular weight excluding hydrogens is 264 g/mol. The van der Waals surface area contributed by atoms with E-state index in [2.05, 4.69) is 36.6 Å². The van der Waals surface area contributed by atoms with Crippen molar-refractivity contribution >= 4 is 23.6 Å². The van der Waals surface area contributed by atoms with Gasteiger partial charge in [-0.05, 0) is 67.2 Å². The van der Waals surface area contributed by atoms with Crippen molar-refractivity contribution in [2.24, 2.45) is 11.8 Å². The molecule has 0 saturated heterocycles. The Morgan fingerprint density at radius 2 is 1.80 bits per heavy atom. The van der Waals surface area contributed by atoms with Crippen LogP contribution in [0.2, 0.25) is 0 Å². The van der Waals surface area contributed by atoms with Crippen molar-refractivity contribution in [3.8, 4) is 0 Å². The van der Waals surface area contributed by atoms with Gasteiger partial charge < -0.3 is 0 Å². The van der Waals surface area contributed by atoms with Crippen LogP contribution >= 0.6 is 11.8 Å². The van der Waals surface area contributed by atoms with Crippen LogP contribution in [-0.4, -0.2) is 12.0 Å². The number of hydrogen-bond donors (Lipinski definition) is 0. The molecule has 0 aromatic heterocycles. The average Bonchev–Trinajstić information content (AvgIpc) is 3.11. The molecule has 1 aromatic rings. The topological polar surface area (TPSA) is 17.1 Å². The minimum atomic E-state index is 0.328. The number of ketones is 1. The fourth-order valence-corrected chi connectivity index (χ4v) is 4.07. The van der Waals surface area contributed by atoms with Crippen molar-refractivity contribution in [3.05, 3.63) is 35.4 Å². The Balaban J connectivity index is 1.73. The van der Waals surface area contributed by atoms with Crippen LogP contribution in [0.1, 0.15) is 44.1 Å². The van der Waals surface area contributed by atoms with Gasteiger partial charge in [0.15, 0.2) is 5.78 Å². The van der Waals surface area contributed by atoms with Crippen LogP contribution in [0, 0.1) is 11.8 Å². The van der Waals surface area contributed by atoms with Gasteiger partial charge in [0.1, 0.15) is 0 Å². The van der Waals surface area contributed by atoms with Gasteiger partial charge in [0.25, 0.3) is 0 Å². The molecule has 20 heavy (non-hydrogen) atoms. The Bertz CT molecular complexity index is 509. The van der Waals surface area contributed by atoms with Gasteiger partial charge in [-0.25, -0.2) is 0 Å². The zero-order chi connectivity index (χ0) is 13.9. The Labute approximate surface area is 125 Å². The lowest BCUT2D eigenvalue weighted by Crippen LogP contribution is -2.16. The standard InChI is InChI=1S/C18H22OS/c1-20-16-9-6-13(7-10-16)12-15-8-11-17(18(15)19)14-4-2-3-5-14/h6-7,9-10,12,14,17H,2-5,8,11H2,1H3/b15-12+. The Morgan fingerprint density at radius 3 is 2.45 bits per heavy atom. The van der Waals surface area contributed by atoms with Gasteiger partial charge in [0.2, 0.25) is 0 Å². The van der Waals surface area contributed by atoms with Gasteiger partial charge in [-0.3, -0.25) is 4.79 Å². The Kier molecular flexibility index (Phi) is 4.30. The van der Waals surface area contributed by atoms with Crippen molar-refractivity contribution in [2.75, 3.05) is 6.26 Å². The number of benzene rings is 1. The molecule has 0 N–H and O–H groups in total. The first-order valence-corrected chi connectivity index (χ1v) is 8.89. The van der Waals surface area contributed by atoms with Gasteiger partial charge in [-0.2, -0.15) is 0 Å². The molecule has 1 atom stereocenters. The lowest BCUT2D eigenvalue weighted by molar-refractivity contribution is -0.119. The zero-order valence-corrected chi connectivity index (χ0v) is 12.9. The highest BCUT2D eigenvalue weighted by molar-refractivity contribution is 7.98. The van der Waals surface area contributed by atoms with Crippen molar-refractivity contribution in [1.82, 2.24) is 0 Å². The van der Waals surface area contributed by atoms with Crippen molar-refractivity contribution < 1.29 is 4.79 Å². The second kappa shape index (κ2) is 6.17. The molecule has 0 bridgehead atoms. The molecule has 3 rings (SSSR count). The largest absolute Gasteiger partial charge is 0.294 e. The summed E-state index contributed by atoms with van der Waals surface area (Å²) in [6.45, 7) is 0. The summed E-state index contributed by atoms with van der Waals surface area (Å²) in [5.41, 5.74) is 2.22. The van der Waals surface area contributed by atoms with E-state index in [1.807, 2.05) is 0 Å². The van der Waals surface area contributed by atoms with Crippen LogP contribution in [0.3, 0.4) is 0 Å². The number of hydrogen-bond acceptors (Lipinski definition) is 2. The van der Waals surface area contributed by atoms with E-state index in [1.54, 1.807) is 11.8 Å². The van der Waals surface area contributed by atoms with Gasteiger partial charge >= 0.3 is 0 Å². The first-order valence-electron chi connectivity index (χ1n) is 7.67. The normalized spacial score (nSPS) is 25.8. The third-order valence-electron chi connectivity index (χ3n) is 4.80. The minimum Gasteiger partial charge on any atom is -0.294 e. The number of allylic oxidation sites excluding steroid dienone is 1. The van der Waals surface area contributed by atoms with E-state index in [4.69, 9.17) is 0 Å². The van der Waals surface area contributed by atoms with Crippen LogP contribution in [0.25, 0.3) is 6.08 Å². The second-order valence-electron chi connectivity index (χ2n) is 6.00. The lowest BCUT2D eigenvalue weighted by Gasteiger charge is -2.15. The zero-order valence-electron chi connectivity index (χ0n) is 12.1. The van der Waals surface area contributed by atoms with E-state index in [0.29, 0.717) is 17.6 Å². The first-order chi connectivity index (χ1) is 9.78. The number of carbonyl (C=O) groups excluding carboxylic acids is 1. The monoisotopic (exact) mass is 286 g/mol. The summed E-state index contributed by atoms with van der Waals surface area (Å²) >= 11 is 1.75. The molecule has 106 valence electrons. The van der Waals surface area contributed by atoms with Crippen LogP contribution in [0.4, 0.5) is 0 Å². The Hall–Kier alpha value is -1.02. The molecule has 0 aliphatic heterocycles. The van der Waals surface area contributed by atoms with E-state index in [1.165, 1.54) is 36.1 Å². The third kappa shape index (κ3) is 2.85. The summed E-state index contributed by atoms with van der Waals surface area (Å²) in [6.07, 6.45) is 11.4. The lowest BCUT2D eigenvalue weighted by atomic mass is 9.88. The van der Waals surface area contributed by atoms with Crippen molar-refractivity contribution in [3.63, 3.8) is 0 Å².